The van der Waals surface area contributed by atoms with Gasteiger partial charge in [0.2, 0.25) is 0 Å². The van der Waals surface area contributed by atoms with E-state index >= 15 is 0 Å². The van der Waals surface area contributed by atoms with Crippen molar-refractivity contribution in [1.82, 2.24) is 5.32 Å². The van der Waals surface area contributed by atoms with E-state index in [4.69, 9.17) is 0 Å². The highest BCUT2D eigenvalue weighted by atomic mass is 19.1. The lowest BCUT2D eigenvalue weighted by molar-refractivity contribution is 0.463. The van der Waals surface area contributed by atoms with Gasteiger partial charge in [0.15, 0.2) is 0 Å². The fourth-order valence-corrected chi connectivity index (χ4v) is 0.969. The first kappa shape index (κ1) is 10.1. The molecule has 0 aliphatic carbocycles. The summed E-state index contributed by atoms with van der Waals surface area (Å²) < 4.78 is 37.1. The molecule has 1 rings (SSSR count). The van der Waals surface area contributed by atoms with E-state index in [-0.39, 0.29) is 18.7 Å². The second-order valence-corrected chi connectivity index (χ2v) is 2.60. The summed E-state index contributed by atoms with van der Waals surface area (Å²) in [5.41, 5.74) is 0.216. The van der Waals surface area contributed by atoms with Crippen LogP contribution in [0.3, 0.4) is 0 Å². The summed E-state index contributed by atoms with van der Waals surface area (Å²) in [4.78, 5) is 0. The molecule has 1 aromatic rings. The molecule has 1 aromatic carbocycles. The highest BCUT2D eigenvalue weighted by Gasteiger charge is 2.02. The van der Waals surface area contributed by atoms with Gasteiger partial charge in [-0.2, -0.15) is 0 Å². The Labute approximate surface area is 74.6 Å². The van der Waals surface area contributed by atoms with E-state index in [2.05, 4.69) is 5.32 Å². The Morgan fingerprint density at radius 3 is 2.69 bits per heavy atom. The van der Waals surface area contributed by atoms with Crippen molar-refractivity contribution >= 4 is 0 Å². The number of hydrogen-bond donors (Lipinski definition) is 1. The maximum atomic E-state index is 12.9. The maximum Gasteiger partial charge on any atom is 0.127 e. The molecule has 4 heteroatoms. The molecule has 0 radical (unpaired) electrons. The van der Waals surface area contributed by atoms with E-state index in [1.54, 1.807) is 0 Å². The van der Waals surface area contributed by atoms with E-state index in [1.165, 1.54) is 0 Å². The van der Waals surface area contributed by atoms with Gasteiger partial charge in [-0.25, -0.2) is 13.2 Å². The van der Waals surface area contributed by atoms with Crippen LogP contribution in [0.5, 0.6) is 0 Å². The number of hydrogen-bond acceptors (Lipinski definition) is 1. The van der Waals surface area contributed by atoms with Crippen LogP contribution in [0.1, 0.15) is 5.56 Å². The first-order valence-corrected chi connectivity index (χ1v) is 3.94. The Balaban J connectivity index is 2.59. The van der Waals surface area contributed by atoms with Crippen LogP contribution in [0, 0.1) is 11.6 Å². The highest BCUT2D eigenvalue weighted by molar-refractivity contribution is 5.18. The predicted molar refractivity (Wildman–Crippen MR) is 44.0 cm³/mol. The van der Waals surface area contributed by atoms with Crippen molar-refractivity contribution in [3.05, 3.63) is 35.4 Å². The second kappa shape index (κ2) is 4.87. The molecule has 0 amide bonds. The predicted octanol–water partition coefficient (Wildman–Crippen LogP) is 2.02. The summed E-state index contributed by atoms with van der Waals surface area (Å²) in [7, 11) is 0. The van der Waals surface area contributed by atoms with Crippen molar-refractivity contribution in [2.45, 2.75) is 6.54 Å². The quantitative estimate of drug-likeness (QED) is 0.714. The summed E-state index contributed by atoms with van der Waals surface area (Å²) in [6, 6.07) is 3.20. The number of alkyl halides is 1. The van der Waals surface area contributed by atoms with Crippen molar-refractivity contribution in [3.8, 4) is 0 Å². The molecule has 13 heavy (non-hydrogen) atoms. The van der Waals surface area contributed by atoms with Crippen LogP contribution in [-0.2, 0) is 6.54 Å². The Morgan fingerprint density at radius 2 is 2.00 bits per heavy atom. The normalized spacial score (nSPS) is 10.4. The third-order valence-electron chi connectivity index (χ3n) is 1.59. The lowest BCUT2D eigenvalue weighted by atomic mass is 10.2. The van der Waals surface area contributed by atoms with Gasteiger partial charge in [0.05, 0.1) is 0 Å². The number of nitrogens with one attached hydrogen (secondary N) is 1. The Morgan fingerprint density at radius 1 is 1.23 bits per heavy atom. The second-order valence-electron chi connectivity index (χ2n) is 2.60. The van der Waals surface area contributed by atoms with Gasteiger partial charge in [-0.1, -0.05) is 0 Å². The fraction of sp³-hybridized carbons (Fsp3) is 0.333. The highest BCUT2D eigenvalue weighted by Crippen LogP contribution is 2.08. The average Bonchev–Trinajstić information content (AvgIpc) is 2.11. The Kier molecular flexibility index (Phi) is 3.76. The zero-order valence-electron chi connectivity index (χ0n) is 6.99. The summed E-state index contributed by atoms with van der Waals surface area (Å²) in [6.45, 7) is -0.222. The van der Waals surface area contributed by atoms with Gasteiger partial charge in [-0.3, -0.25) is 0 Å². The average molecular weight is 189 g/mol. The molecule has 0 saturated heterocycles. The molecular weight excluding hydrogens is 179 g/mol. The molecule has 0 bridgehead atoms. The van der Waals surface area contributed by atoms with E-state index in [0.29, 0.717) is 0 Å². The van der Waals surface area contributed by atoms with Crippen LogP contribution in [0.4, 0.5) is 13.2 Å². The molecule has 0 spiro atoms. The van der Waals surface area contributed by atoms with Crippen LogP contribution in [0.15, 0.2) is 18.2 Å². The Hall–Kier alpha value is -1.03. The molecule has 72 valence electrons. The zero-order chi connectivity index (χ0) is 9.68. The molecule has 0 saturated carbocycles. The summed E-state index contributed by atoms with van der Waals surface area (Å²) >= 11 is 0. The lowest BCUT2D eigenvalue weighted by Gasteiger charge is -2.03. The number of rotatable bonds is 4. The van der Waals surface area contributed by atoms with Gasteiger partial charge in [0.1, 0.15) is 18.3 Å². The molecule has 0 aliphatic rings. The van der Waals surface area contributed by atoms with E-state index in [0.717, 1.165) is 18.2 Å². The van der Waals surface area contributed by atoms with Gasteiger partial charge in [0, 0.05) is 18.7 Å². The van der Waals surface area contributed by atoms with E-state index in [9.17, 15) is 13.2 Å². The first-order chi connectivity index (χ1) is 6.24. The standard InChI is InChI=1S/C9H10F3N/c10-3-4-13-6-7-5-8(11)1-2-9(7)12/h1-2,5,13H,3-4,6H2. The molecule has 1 nitrogen and oxygen atoms in total. The third kappa shape index (κ3) is 3.06. The molecule has 0 heterocycles. The van der Waals surface area contributed by atoms with Gasteiger partial charge in [-0.05, 0) is 18.2 Å². The van der Waals surface area contributed by atoms with Crippen LogP contribution in [0.2, 0.25) is 0 Å². The Bertz CT molecular complexity index is 276. The summed E-state index contributed by atoms with van der Waals surface area (Å²) in [5, 5.41) is 2.64. The van der Waals surface area contributed by atoms with Gasteiger partial charge in [0.25, 0.3) is 0 Å². The minimum absolute atomic E-state index is 0.146. The molecule has 1 N–H and O–H groups in total. The van der Waals surface area contributed by atoms with E-state index < -0.39 is 18.3 Å². The van der Waals surface area contributed by atoms with Crippen molar-refractivity contribution in [1.29, 1.82) is 0 Å². The summed E-state index contributed by atoms with van der Waals surface area (Å²) in [6.07, 6.45) is 0. The van der Waals surface area contributed by atoms with Crippen LogP contribution in [0.25, 0.3) is 0 Å². The monoisotopic (exact) mass is 189 g/mol. The molecule has 0 fully saturated rings. The molecular formula is C9H10F3N. The molecule has 0 atom stereocenters. The third-order valence-corrected chi connectivity index (χ3v) is 1.59. The molecule has 0 unspecified atom stereocenters. The molecule has 0 aromatic heterocycles. The summed E-state index contributed by atoms with van der Waals surface area (Å²) in [5.74, 6) is -0.966. The lowest BCUT2D eigenvalue weighted by Crippen LogP contribution is -2.16. The topological polar surface area (TPSA) is 12.0 Å². The number of halogens is 3. The van der Waals surface area contributed by atoms with Gasteiger partial charge in [-0.15, -0.1) is 0 Å². The van der Waals surface area contributed by atoms with Crippen LogP contribution < -0.4 is 5.32 Å². The van der Waals surface area contributed by atoms with Crippen molar-refractivity contribution in [3.63, 3.8) is 0 Å². The van der Waals surface area contributed by atoms with Gasteiger partial charge >= 0.3 is 0 Å². The van der Waals surface area contributed by atoms with Crippen molar-refractivity contribution in [2.75, 3.05) is 13.2 Å². The zero-order valence-corrected chi connectivity index (χ0v) is 6.99. The number of benzene rings is 1. The van der Waals surface area contributed by atoms with Crippen LogP contribution in [-0.4, -0.2) is 13.2 Å². The smallest absolute Gasteiger partial charge is 0.127 e. The minimum atomic E-state index is -0.517. The van der Waals surface area contributed by atoms with Crippen LogP contribution >= 0.6 is 0 Å². The fourth-order valence-electron chi connectivity index (χ4n) is 0.969. The molecule has 0 aliphatic heterocycles. The first-order valence-electron chi connectivity index (χ1n) is 3.94. The largest absolute Gasteiger partial charge is 0.310 e. The SMILES string of the molecule is FCCNCc1cc(F)ccc1F. The van der Waals surface area contributed by atoms with Crippen molar-refractivity contribution in [2.24, 2.45) is 0 Å². The maximum absolute atomic E-state index is 12.9. The van der Waals surface area contributed by atoms with Crippen molar-refractivity contribution < 1.29 is 13.2 Å². The van der Waals surface area contributed by atoms with E-state index in [1.807, 2.05) is 0 Å². The van der Waals surface area contributed by atoms with Gasteiger partial charge < -0.3 is 5.32 Å². The minimum Gasteiger partial charge on any atom is -0.310 e.